The molecule has 1 aliphatic heterocycles. The first-order chi connectivity index (χ1) is 14.9. The van der Waals surface area contributed by atoms with E-state index >= 15 is 0 Å². The van der Waals surface area contributed by atoms with Gasteiger partial charge in [0.15, 0.2) is 5.11 Å². The molecular formula is C26H25N3OS. The summed E-state index contributed by atoms with van der Waals surface area (Å²) in [5.74, 6) is 0.756. The van der Waals surface area contributed by atoms with Crippen LogP contribution in [0.4, 0.5) is 0 Å². The van der Waals surface area contributed by atoms with E-state index in [-0.39, 0.29) is 11.5 Å². The number of nitriles is 1. The fraction of sp³-hybridized carbons (Fsp3) is 0.231. The van der Waals surface area contributed by atoms with Gasteiger partial charge in [-0.05, 0) is 46.2 Å². The molecule has 5 heteroatoms. The van der Waals surface area contributed by atoms with Gasteiger partial charge in [-0.3, -0.25) is 0 Å². The Hall–Kier alpha value is -3.36. The Balaban J connectivity index is 1.62. The second-order valence-corrected chi connectivity index (χ2v) is 9.09. The number of allylic oxidation sites excluding steroid dienone is 1. The van der Waals surface area contributed by atoms with Crippen molar-refractivity contribution in [1.29, 1.82) is 5.26 Å². The molecule has 0 radical (unpaired) electrons. The van der Waals surface area contributed by atoms with E-state index in [1.165, 1.54) is 10.8 Å². The Labute approximate surface area is 188 Å². The molecule has 1 atom stereocenters. The van der Waals surface area contributed by atoms with Crippen LogP contribution in [-0.4, -0.2) is 5.11 Å². The molecule has 4 rings (SSSR count). The van der Waals surface area contributed by atoms with Crippen molar-refractivity contribution in [2.24, 2.45) is 5.41 Å². The summed E-state index contributed by atoms with van der Waals surface area (Å²) in [6.07, 6.45) is 0. The monoisotopic (exact) mass is 427 g/mol. The molecule has 0 saturated carbocycles. The van der Waals surface area contributed by atoms with Crippen molar-refractivity contribution in [1.82, 2.24) is 10.6 Å². The SMILES string of the molecule is CC(C)(C)C1=C(C#N)[C@H](c2cccc(OCc3cccc4ccccc34)c2)NC(=S)N1. The van der Waals surface area contributed by atoms with Crippen molar-refractivity contribution in [3.63, 3.8) is 0 Å². The van der Waals surface area contributed by atoms with Crippen LogP contribution in [0.25, 0.3) is 10.8 Å². The highest BCUT2D eigenvalue weighted by Crippen LogP contribution is 2.35. The average Bonchev–Trinajstić information content (AvgIpc) is 2.76. The molecule has 0 unspecified atom stereocenters. The molecule has 31 heavy (non-hydrogen) atoms. The number of ether oxygens (including phenoxy) is 1. The fourth-order valence-electron chi connectivity index (χ4n) is 3.89. The standard InChI is InChI=1S/C26H25N3OS/c1-26(2,3)24-22(15-27)23(28-25(31)29-24)18-10-7-12-20(14-18)30-16-19-11-6-9-17-8-4-5-13-21(17)19/h4-14,23H,16H2,1-3H3,(H2,28,29,31)/t23-/m0/s1. The third-order valence-corrected chi connectivity index (χ3v) is 5.63. The zero-order valence-electron chi connectivity index (χ0n) is 17.9. The first-order valence-electron chi connectivity index (χ1n) is 10.3. The largest absolute Gasteiger partial charge is 0.489 e. The normalized spacial score (nSPS) is 16.5. The first kappa shape index (κ1) is 20.9. The Bertz CT molecular complexity index is 1210. The van der Waals surface area contributed by atoms with Crippen molar-refractivity contribution in [3.05, 3.63) is 89.1 Å². The smallest absolute Gasteiger partial charge is 0.171 e. The highest BCUT2D eigenvalue weighted by Gasteiger charge is 2.32. The van der Waals surface area contributed by atoms with E-state index in [2.05, 4.69) is 67.8 Å². The maximum Gasteiger partial charge on any atom is 0.171 e. The summed E-state index contributed by atoms with van der Waals surface area (Å²) in [5.41, 5.74) is 3.35. The van der Waals surface area contributed by atoms with E-state index in [1.54, 1.807) is 0 Å². The van der Waals surface area contributed by atoms with Gasteiger partial charge >= 0.3 is 0 Å². The molecule has 156 valence electrons. The quantitative estimate of drug-likeness (QED) is 0.518. The molecular weight excluding hydrogens is 402 g/mol. The second kappa shape index (κ2) is 8.41. The maximum absolute atomic E-state index is 9.90. The van der Waals surface area contributed by atoms with Crippen LogP contribution in [-0.2, 0) is 6.61 Å². The molecule has 0 bridgehead atoms. The van der Waals surface area contributed by atoms with E-state index < -0.39 is 0 Å². The molecule has 0 amide bonds. The van der Waals surface area contributed by atoms with Crippen LogP contribution in [0, 0.1) is 16.7 Å². The molecule has 1 aliphatic rings. The number of thiocarbonyl (C=S) groups is 1. The number of nitrogens with zero attached hydrogens (tertiary/aromatic N) is 1. The zero-order valence-corrected chi connectivity index (χ0v) is 18.7. The summed E-state index contributed by atoms with van der Waals surface area (Å²) in [5, 5.41) is 19.2. The summed E-state index contributed by atoms with van der Waals surface area (Å²) >= 11 is 5.43. The van der Waals surface area contributed by atoms with Crippen molar-refractivity contribution in [3.8, 4) is 11.8 Å². The van der Waals surface area contributed by atoms with Crippen LogP contribution in [0.5, 0.6) is 5.75 Å². The van der Waals surface area contributed by atoms with Crippen molar-refractivity contribution in [2.45, 2.75) is 33.4 Å². The van der Waals surface area contributed by atoms with Gasteiger partial charge in [-0.1, -0.05) is 75.4 Å². The maximum atomic E-state index is 9.90. The molecule has 0 saturated heterocycles. The van der Waals surface area contributed by atoms with Crippen LogP contribution in [0.1, 0.15) is 37.9 Å². The molecule has 0 aromatic heterocycles. The molecule has 0 aliphatic carbocycles. The Morgan fingerprint density at radius 1 is 1.03 bits per heavy atom. The zero-order chi connectivity index (χ0) is 22.0. The van der Waals surface area contributed by atoms with Gasteiger partial charge in [0.25, 0.3) is 0 Å². The molecule has 1 heterocycles. The van der Waals surface area contributed by atoms with E-state index in [4.69, 9.17) is 17.0 Å². The summed E-state index contributed by atoms with van der Waals surface area (Å²) in [7, 11) is 0. The molecule has 0 spiro atoms. The topological polar surface area (TPSA) is 57.1 Å². The van der Waals surface area contributed by atoms with Gasteiger partial charge in [0.05, 0.1) is 17.7 Å². The lowest BCUT2D eigenvalue weighted by atomic mass is 9.84. The lowest BCUT2D eigenvalue weighted by molar-refractivity contribution is 0.307. The molecule has 2 N–H and O–H groups in total. The minimum Gasteiger partial charge on any atom is -0.489 e. The van der Waals surface area contributed by atoms with Gasteiger partial charge in [0, 0.05) is 11.1 Å². The van der Waals surface area contributed by atoms with Crippen molar-refractivity contribution in [2.75, 3.05) is 0 Å². The van der Waals surface area contributed by atoms with Gasteiger partial charge in [0.1, 0.15) is 12.4 Å². The number of hydrogen-bond acceptors (Lipinski definition) is 3. The molecule has 0 fully saturated rings. The highest BCUT2D eigenvalue weighted by molar-refractivity contribution is 7.80. The third-order valence-electron chi connectivity index (χ3n) is 5.41. The van der Waals surface area contributed by atoms with Gasteiger partial charge in [0.2, 0.25) is 0 Å². The Morgan fingerprint density at radius 2 is 1.77 bits per heavy atom. The lowest BCUT2D eigenvalue weighted by Crippen LogP contribution is -2.46. The van der Waals surface area contributed by atoms with Crippen LogP contribution >= 0.6 is 12.2 Å². The number of rotatable bonds is 4. The Kier molecular flexibility index (Phi) is 5.67. The van der Waals surface area contributed by atoms with Crippen LogP contribution in [0.15, 0.2) is 78.0 Å². The number of benzene rings is 3. The van der Waals surface area contributed by atoms with E-state index in [1.807, 2.05) is 36.4 Å². The van der Waals surface area contributed by atoms with Crippen LogP contribution < -0.4 is 15.4 Å². The van der Waals surface area contributed by atoms with Crippen molar-refractivity contribution >= 4 is 28.1 Å². The van der Waals surface area contributed by atoms with Gasteiger partial charge in [-0.25, -0.2) is 0 Å². The fourth-order valence-corrected chi connectivity index (χ4v) is 4.11. The minimum atomic E-state index is -0.311. The summed E-state index contributed by atoms with van der Waals surface area (Å²) < 4.78 is 6.15. The number of fused-ring (bicyclic) bond motifs is 1. The van der Waals surface area contributed by atoms with Gasteiger partial charge in [-0.15, -0.1) is 0 Å². The minimum absolute atomic E-state index is 0.224. The van der Waals surface area contributed by atoms with E-state index in [0.29, 0.717) is 17.3 Å². The predicted molar refractivity (Wildman–Crippen MR) is 128 cm³/mol. The first-order valence-corrected chi connectivity index (χ1v) is 10.7. The van der Waals surface area contributed by atoms with Crippen LogP contribution in [0.3, 0.4) is 0 Å². The second-order valence-electron chi connectivity index (χ2n) is 8.68. The summed E-state index contributed by atoms with van der Waals surface area (Å²) in [6, 6.07) is 24.5. The van der Waals surface area contributed by atoms with Crippen LogP contribution in [0.2, 0.25) is 0 Å². The summed E-state index contributed by atoms with van der Waals surface area (Å²) in [4.78, 5) is 0. The summed E-state index contributed by atoms with van der Waals surface area (Å²) in [6.45, 7) is 6.68. The highest BCUT2D eigenvalue weighted by atomic mass is 32.1. The predicted octanol–water partition coefficient (Wildman–Crippen LogP) is 5.76. The molecule has 4 nitrogen and oxygen atoms in total. The third kappa shape index (κ3) is 4.40. The molecule has 3 aromatic rings. The average molecular weight is 428 g/mol. The van der Waals surface area contributed by atoms with E-state index in [9.17, 15) is 5.26 Å². The Morgan fingerprint density at radius 3 is 2.55 bits per heavy atom. The van der Waals surface area contributed by atoms with Crippen molar-refractivity contribution < 1.29 is 4.74 Å². The number of hydrogen-bond donors (Lipinski definition) is 2. The van der Waals surface area contributed by atoms with Gasteiger partial charge in [-0.2, -0.15) is 5.26 Å². The van der Waals surface area contributed by atoms with Gasteiger partial charge < -0.3 is 15.4 Å². The number of nitrogens with one attached hydrogen (secondary N) is 2. The van der Waals surface area contributed by atoms with E-state index in [0.717, 1.165) is 22.6 Å². The lowest BCUT2D eigenvalue weighted by Gasteiger charge is -2.35. The molecule has 3 aromatic carbocycles.